The zero-order valence-electron chi connectivity index (χ0n) is 14.2. The van der Waals surface area contributed by atoms with Crippen molar-refractivity contribution in [3.63, 3.8) is 0 Å². The number of ether oxygens (including phenoxy) is 1. The quantitative estimate of drug-likeness (QED) is 0.877. The number of anilines is 1. The van der Waals surface area contributed by atoms with Crippen LogP contribution in [-0.2, 0) is 16.1 Å². The first kappa shape index (κ1) is 17.1. The lowest BCUT2D eigenvalue weighted by Gasteiger charge is -2.16. The predicted molar refractivity (Wildman–Crippen MR) is 83.8 cm³/mol. The molecule has 0 aliphatic heterocycles. The van der Waals surface area contributed by atoms with Crippen LogP contribution in [0, 0.1) is 5.41 Å². The third-order valence-electron chi connectivity index (χ3n) is 3.13. The fourth-order valence-corrected chi connectivity index (χ4v) is 1.79. The van der Waals surface area contributed by atoms with Crippen molar-refractivity contribution in [3.05, 3.63) is 24.1 Å². The lowest BCUT2D eigenvalue weighted by molar-refractivity contribution is -0.123. The Morgan fingerprint density at radius 2 is 2.22 bits per heavy atom. The molecule has 8 nitrogen and oxygen atoms in total. The number of hydrogen-bond donors (Lipinski definition) is 1. The number of carbonyl (C=O) groups excluding carboxylic acids is 1. The number of rotatable bonds is 6. The molecule has 8 heteroatoms. The highest BCUT2D eigenvalue weighted by atomic mass is 16.5. The maximum Gasteiger partial charge on any atom is 0.248 e. The molecule has 0 unspecified atom stereocenters. The minimum atomic E-state index is -0.459. The van der Waals surface area contributed by atoms with Gasteiger partial charge in [0.25, 0.3) is 0 Å². The molecule has 0 fully saturated rings. The fraction of sp³-hybridized carbons (Fsp3) is 0.600. The van der Waals surface area contributed by atoms with Crippen molar-refractivity contribution in [2.45, 2.75) is 47.3 Å². The summed E-state index contributed by atoms with van der Waals surface area (Å²) in [5.74, 6) is 0.876. The maximum absolute atomic E-state index is 11.9. The van der Waals surface area contributed by atoms with Gasteiger partial charge in [0, 0.05) is 18.2 Å². The maximum atomic E-state index is 11.9. The van der Waals surface area contributed by atoms with Crippen LogP contribution in [0.5, 0.6) is 0 Å². The van der Waals surface area contributed by atoms with Gasteiger partial charge >= 0.3 is 0 Å². The zero-order chi connectivity index (χ0) is 17.0. The second-order valence-corrected chi connectivity index (χ2v) is 6.27. The van der Waals surface area contributed by atoms with Crippen LogP contribution in [0.4, 0.5) is 5.69 Å². The molecule has 0 aliphatic rings. The molecule has 1 N–H and O–H groups in total. The van der Waals surface area contributed by atoms with E-state index >= 15 is 0 Å². The van der Waals surface area contributed by atoms with Crippen molar-refractivity contribution in [2.24, 2.45) is 5.41 Å². The van der Waals surface area contributed by atoms with Gasteiger partial charge in [-0.05, 0) is 13.8 Å². The molecule has 23 heavy (non-hydrogen) atoms. The summed E-state index contributed by atoms with van der Waals surface area (Å²) in [5.41, 5.74) is 0.172. The first-order valence-corrected chi connectivity index (χ1v) is 7.57. The molecule has 1 amide bonds. The van der Waals surface area contributed by atoms with E-state index in [1.165, 1.54) is 0 Å². The lowest BCUT2D eigenvalue weighted by Crippen LogP contribution is -2.27. The second kappa shape index (κ2) is 6.91. The molecule has 2 heterocycles. The fourth-order valence-electron chi connectivity index (χ4n) is 1.79. The van der Waals surface area contributed by atoms with Gasteiger partial charge in [0.05, 0.1) is 11.9 Å². The summed E-state index contributed by atoms with van der Waals surface area (Å²) >= 11 is 0. The predicted octanol–water partition coefficient (Wildman–Crippen LogP) is 2.40. The van der Waals surface area contributed by atoms with Crippen LogP contribution < -0.4 is 5.32 Å². The average Bonchev–Trinajstić information content (AvgIpc) is 3.08. The van der Waals surface area contributed by atoms with Crippen molar-refractivity contribution in [1.29, 1.82) is 0 Å². The lowest BCUT2D eigenvalue weighted by atomic mass is 9.96. The third kappa shape index (κ3) is 4.62. The van der Waals surface area contributed by atoms with Crippen LogP contribution in [0.3, 0.4) is 0 Å². The number of nitrogens with one attached hydrogen (secondary N) is 1. The first-order chi connectivity index (χ1) is 10.8. The Bertz CT molecular complexity index is 656. The number of amides is 1. The smallest absolute Gasteiger partial charge is 0.248 e. The van der Waals surface area contributed by atoms with E-state index < -0.39 is 5.41 Å². The Balaban J connectivity index is 1.98. The molecular weight excluding hydrogens is 298 g/mol. The van der Waals surface area contributed by atoms with Gasteiger partial charge in [-0.25, -0.2) is 0 Å². The molecule has 126 valence electrons. The minimum absolute atomic E-state index is 0.0670. The van der Waals surface area contributed by atoms with Gasteiger partial charge in [0.1, 0.15) is 12.6 Å². The minimum Gasteiger partial charge on any atom is -0.371 e. The molecule has 0 spiro atoms. The van der Waals surface area contributed by atoms with Crippen molar-refractivity contribution in [1.82, 2.24) is 19.9 Å². The van der Waals surface area contributed by atoms with Gasteiger partial charge < -0.3 is 14.6 Å². The summed E-state index contributed by atoms with van der Waals surface area (Å²) < 4.78 is 12.2. The molecule has 2 aromatic rings. The highest BCUT2D eigenvalue weighted by Gasteiger charge is 2.21. The van der Waals surface area contributed by atoms with Crippen molar-refractivity contribution < 1.29 is 14.1 Å². The van der Waals surface area contributed by atoms with Crippen molar-refractivity contribution >= 4 is 11.6 Å². The number of carbonyl (C=O) groups is 1. The molecule has 2 aromatic heterocycles. The van der Waals surface area contributed by atoms with Gasteiger partial charge in [-0.2, -0.15) is 10.1 Å². The standard InChI is InChI=1S/C15H23N5O3/c1-6-22-10(2)13-18-12(23-19-13)9-20-8-11(7-16-20)17-14(21)15(3,4)5/h7-8,10H,6,9H2,1-5H3,(H,17,21)/t10-/m1/s1. The Hall–Kier alpha value is -2.22. The highest BCUT2D eigenvalue weighted by Crippen LogP contribution is 2.17. The van der Waals surface area contributed by atoms with E-state index in [4.69, 9.17) is 9.26 Å². The molecule has 1 atom stereocenters. The molecule has 2 rings (SSSR count). The molecule has 0 aliphatic carbocycles. The van der Waals surface area contributed by atoms with Crippen molar-refractivity contribution in [3.8, 4) is 0 Å². The summed E-state index contributed by atoms with van der Waals surface area (Å²) in [5, 5.41) is 10.9. The largest absolute Gasteiger partial charge is 0.371 e. The van der Waals surface area contributed by atoms with Gasteiger partial charge in [-0.1, -0.05) is 25.9 Å². The summed E-state index contributed by atoms with van der Waals surface area (Å²) in [6.45, 7) is 10.3. The SMILES string of the molecule is CCO[C@H](C)c1noc(Cn2cc(NC(=O)C(C)(C)C)cn2)n1. The Morgan fingerprint density at radius 1 is 1.48 bits per heavy atom. The summed E-state index contributed by atoms with van der Waals surface area (Å²) in [4.78, 5) is 16.2. The summed E-state index contributed by atoms with van der Waals surface area (Å²) in [7, 11) is 0. The molecule has 0 saturated carbocycles. The van der Waals surface area contributed by atoms with Gasteiger partial charge in [0.2, 0.25) is 11.8 Å². The summed E-state index contributed by atoms with van der Waals surface area (Å²) in [6, 6.07) is 0. The van der Waals surface area contributed by atoms with Gasteiger partial charge in [-0.3, -0.25) is 9.48 Å². The van der Waals surface area contributed by atoms with E-state index in [0.717, 1.165) is 0 Å². The topological polar surface area (TPSA) is 95.1 Å². The highest BCUT2D eigenvalue weighted by molar-refractivity contribution is 5.94. The third-order valence-corrected chi connectivity index (χ3v) is 3.13. The molecule has 0 aromatic carbocycles. The molecular formula is C15H23N5O3. The molecule has 0 saturated heterocycles. The van der Waals surface area contributed by atoms with E-state index in [1.54, 1.807) is 17.1 Å². The van der Waals surface area contributed by atoms with E-state index in [1.807, 2.05) is 34.6 Å². The molecule has 0 radical (unpaired) electrons. The van der Waals surface area contributed by atoms with Crippen LogP contribution >= 0.6 is 0 Å². The van der Waals surface area contributed by atoms with Crippen molar-refractivity contribution in [2.75, 3.05) is 11.9 Å². The van der Waals surface area contributed by atoms with E-state index in [2.05, 4.69) is 20.6 Å². The summed E-state index contributed by atoms with van der Waals surface area (Å²) in [6.07, 6.45) is 3.10. The van der Waals surface area contributed by atoms with E-state index in [9.17, 15) is 4.79 Å². The zero-order valence-corrected chi connectivity index (χ0v) is 14.2. The number of aromatic nitrogens is 4. The average molecular weight is 321 g/mol. The van der Waals surface area contributed by atoms with Crippen LogP contribution in [0.1, 0.15) is 52.4 Å². The monoisotopic (exact) mass is 321 g/mol. The Kier molecular flexibility index (Phi) is 5.15. The van der Waals surface area contributed by atoms with Gasteiger partial charge in [-0.15, -0.1) is 0 Å². The van der Waals surface area contributed by atoms with Crippen LogP contribution in [0.2, 0.25) is 0 Å². The van der Waals surface area contributed by atoms with Crippen LogP contribution in [0.25, 0.3) is 0 Å². The Morgan fingerprint density at radius 3 is 2.87 bits per heavy atom. The van der Waals surface area contributed by atoms with E-state index in [-0.39, 0.29) is 12.0 Å². The normalized spacial score (nSPS) is 13.1. The molecule has 0 bridgehead atoms. The Labute approximate surface area is 135 Å². The second-order valence-electron chi connectivity index (χ2n) is 6.27. The van der Waals surface area contributed by atoms with Gasteiger partial charge in [0.15, 0.2) is 5.82 Å². The van der Waals surface area contributed by atoms with Crippen LogP contribution in [0.15, 0.2) is 16.9 Å². The van der Waals surface area contributed by atoms with Crippen LogP contribution in [-0.4, -0.2) is 32.4 Å². The number of hydrogen-bond acceptors (Lipinski definition) is 6. The first-order valence-electron chi connectivity index (χ1n) is 7.57. The number of nitrogens with zero attached hydrogens (tertiary/aromatic N) is 4. The van der Waals surface area contributed by atoms with E-state index in [0.29, 0.717) is 30.6 Å².